The average molecular weight is 507 g/mol. The molecule has 0 aliphatic heterocycles. The molecule has 1 aromatic heterocycles. The molecule has 5 aromatic carbocycles. The van der Waals surface area contributed by atoms with E-state index in [1.54, 1.807) is 0 Å². The van der Waals surface area contributed by atoms with Crippen molar-refractivity contribution in [3.05, 3.63) is 151 Å². The van der Waals surface area contributed by atoms with Crippen LogP contribution < -0.4 is 9.88 Å². The largest absolute Gasteiger partial charge is 0.379 e. The van der Waals surface area contributed by atoms with Crippen molar-refractivity contribution in [2.45, 2.75) is 32.7 Å². The van der Waals surface area contributed by atoms with Crippen LogP contribution in [0.1, 0.15) is 42.3 Å². The van der Waals surface area contributed by atoms with Gasteiger partial charge >= 0.3 is 0 Å². The molecule has 0 saturated heterocycles. The summed E-state index contributed by atoms with van der Waals surface area (Å²) in [6, 6.07) is 43.5. The molecule has 2 heteroatoms. The SMILES string of the molecule is [CH2-][n+]1c(-c2ccccc2)cccc1C(Nc1c(CC)cccc1CC)c1cc2ccccc2c2ccccc12. The Morgan fingerprint density at radius 1 is 0.641 bits per heavy atom. The lowest BCUT2D eigenvalue weighted by molar-refractivity contribution is -0.610. The highest BCUT2D eigenvalue weighted by atomic mass is 15.0. The van der Waals surface area contributed by atoms with Gasteiger partial charge in [-0.2, -0.15) is 0 Å². The highest BCUT2D eigenvalue weighted by molar-refractivity contribution is 6.09. The van der Waals surface area contributed by atoms with Crippen molar-refractivity contribution in [3.8, 4) is 11.3 Å². The predicted molar refractivity (Wildman–Crippen MR) is 165 cm³/mol. The first-order chi connectivity index (χ1) is 19.2. The zero-order valence-electron chi connectivity index (χ0n) is 22.7. The molecule has 1 heterocycles. The highest BCUT2D eigenvalue weighted by Gasteiger charge is 2.24. The number of fused-ring (bicyclic) bond motifs is 3. The van der Waals surface area contributed by atoms with Gasteiger partial charge in [0.1, 0.15) is 11.4 Å². The van der Waals surface area contributed by atoms with Crippen LogP contribution in [0.4, 0.5) is 5.69 Å². The zero-order valence-corrected chi connectivity index (χ0v) is 22.7. The van der Waals surface area contributed by atoms with Crippen LogP contribution in [0.3, 0.4) is 0 Å². The Kier molecular flexibility index (Phi) is 6.77. The quantitative estimate of drug-likeness (QED) is 0.130. The third-order valence-corrected chi connectivity index (χ3v) is 7.89. The Bertz CT molecular complexity index is 1750. The Morgan fingerprint density at radius 2 is 1.26 bits per heavy atom. The Balaban J connectivity index is 1.64. The third-order valence-electron chi connectivity index (χ3n) is 7.89. The molecule has 0 aliphatic rings. The summed E-state index contributed by atoms with van der Waals surface area (Å²) in [6.07, 6.45) is 1.94. The lowest BCUT2D eigenvalue weighted by Crippen LogP contribution is -2.38. The van der Waals surface area contributed by atoms with Crippen LogP contribution in [0.5, 0.6) is 0 Å². The van der Waals surface area contributed by atoms with E-state index >= 15 is 0 Å². The molecular formula is C37H34N2. The van der Waals surface area contributed by atoms with E-state index in [4.69, 9.17) is 0 Å². The number of aryl methyl sites for hydroxylation is 2. The highest BCUT2D eigenvalue weighted by Crippen LogP contribution is 2.37. The van der Waals surface area contributed by atoms with Gasteiger partial charge in [-0.15, -0.1) is 0 Å². The van der Waals surface area contributed by atoms with Crippen molar-refractivity contribution in [2.24, 2.45) is 0 Å². The van der Waals surface area contributed by atoms with Gasteiger partial charge in [0.25, 0.3) is 0 Å². The van der Waals surface area contributed by atoms with E-state index in [2.05, 4.69) is 152 Å². The molecule has 0 bridgehead atoms. The van der Waals surface area contributed by atoms with Crippen molar-refractivity contribution < 1.29 is 4.57 Å². The smallest absolute Gasteiger partial charge is 0.112 e. The van der Waals surface area contributed by atoms with Crippen LogP contribution in [0.25, 0.3) is 32.8 Å². The van der Waals surface area contributed by atoms with Crippen molar-refractivity contribution in [1.82, 2.24) is 0 Å². The first-order valence-electron chi connectivity index (χ1n) is 13.9. The maximum atomic E-state index is 4.59. The lowest BCUT2D eigenvalue weighted by atomic mass is 9.90. The van der Waals surface area contributed by atoms with E-state index in [1.807, 2.05) is 0 Å². The minimum Gasteiger partial charge on any atom is -0.379 e. The van der Waals surface area contributed by atoms with Gasteiger partial charge in [-0.05, 0) is 68.8 Å². The second kappa shape index (κ2) is 10.7. The Morgan fingerprint density at radius 3 is 1.97 bits per heavy atom. The van der Waals surface area contributed by atoms with Gasteiger partial charge in [0, 0.05) is 12.7 Å². The van der Waals surface area contributed by atoms with Gasteiger partial charge in [-0.25, -0.2) is 0 Å². The number of nitrogens with zero attached hydrogens (tertiary/aromatic N) is 1. The summed E-state index contributed by atoms with van der Waals surface area (Å²) in [6.45, 7) is 4.47. The summed E-state index contributed by atoms with van der Waals surface area (Å²) in [5.41, 5.74) is 8.50. The Hall–Kier alpha value is -4.56. The number of benzene rings is 5. The van der Waals surface area contributed by atoms with Crippen LogP contribution in [0.15, 0.2) is 121 Å². The minimum absolute atomic E-state index is 0.112. The van der Waals surface area contributed by atoms with Gasteiger partial charge in [0.05, 0.1) is 6.04 Å². The second-order valence-electron chi connectivity index (χ2n) is 10.1. The standard InChI is InChI=1S/C37H34N2/c1-4-26-18-13-19-27(5-2)36(26)38-37(35-24-14-23-34(39(35)3)28-15-7-6-8-16-28)33-25-29-17-9-10-20-30(29)31-21-11-12-22-32(31)33/h6-25,37-38H,3-5H2,1-2H3. The van der Waals surface area contributed by atoms with Crippen molar-refractivity contribution in [3.63, 3.8) is 0 Å². The molecule has 0 saturated carbocycles. The molecule has 2 nitrogen and oxygen atoms in total. The number of pyridine rings is 1. The first kappa shape index (κ1) is 24.8. The number of anilines is 1. The number of aromatic nitrogens is 1. The number of hydrogen-bond donors (Lipinski definition) is 1. The van der Waals surface area contributed by atoms with Crippen LogP contribution in [-0.2, 0) is 12.8 Å². The Labute approximate surface area is 231 Å². The van der Waals surface area contributed by atoms with Crippen molar-refractivity contribution in [1.29, 1.82) is 0 Å². The molecule has 1 atom stereocenters. The monoisotopic (exact) mass is 506 g/mol. The molecule has 1 unspecified atom stereocenters. The lowest BCUT2D eigenvalue weighted by Gasteiger charge is -2.28. The molecule has 0 spiro atoms. The fourth-order valence-electron chi connectivity index (χ4n) is 5.88. The summed E-state index contributed by atoms with van der Waals surface area (Å²) in [4.78, 5) is 0. The number of nitrogens with one attached hydrogen (secondary N) is 1. The first-order valence-corrected chi connectivity index (χ1v) is 13.9. The number of hydrogen-bond acceptors (Lipinski definition) is 1. The molecule has 6 aromatic rings. The van der Waals surface area contributed by atoms with E-state index in [0.717, 1.165) is 29.8 Å². The molecular weight excluding hydrogens is 472 g/mol. The molecule has 0 amide bonds. The summed E-state index contributed by atoms with van der Waals surface area (Å²) in [5, 5.41) is 9.11. The maximum absolute atomic E-state index is 4.59. The number of rotatable bonds is 7. The van der Waals surface area contributed by atoms with Crippen LogP contribution >= 0.6 is 0 Å². The normalized spacial score (nSPS) is 12.1. The number of para-hydroxylation sites is 1. The summed E-state index contributed by atoms with van der Waals surface area (Å²) in [7, 11) is 4.59. The van der Waals surface area contributed by atoms with E-state index in [-0.39, 0.29) is 6.04 Å². The molecule has 0 aliphatic carbocycles. The molecule has 1 N–H and O–H groups in total. The van der Waals surface area contributed by atoms with E-state index in [9.17, 15) is 0 Å². The molecule has 0 radical (unpaired) electrons. The second-order valence-corrected chi connectivity index (χ2v) is 10.1. The van der Waals surface area contributed by atoms with Gasteiger partial charge in [-0.3, -0.25) is 0 Å². The fraction of sp³-hybridized carbons (Fsp3) is 0.135. The van der Waals surface area contributed by atoms with Gasteiger partial charge in [0.15, 0.2) is 0 Å². The fourth-order valence-corrected chi connectivity index (χ4v) is 5.88. The predicted octanol–water partition coefficient (Wildman–Crippen LogP) is 8.91. The van der Waals surface area contributed by atoms with Crippen molar-refractivity contribution >= 4 is 27.2 Å². The topological polar surface area (TPSA) is 15.9 Å². The zero-order chi connectivity index (χ0) is 26.8. The third kappa shape index (κ3) is 4.53. The van der Waals surface area contributed by atoms with Crippen molar-refractivity contribution in [2.75, 3.05) is 5.32 Å². The minimum atomic E-state index is -0.112. The summed E-state index contributed by atoms with van der Waals surface area (Å²) in [5.74, 6) is 0. The summed E-state index contributed by atoms with van der Waals surface area (Å²) < 4.78 is 2.11. The van der Waals surface area contributed by atoms with Gasteiger partial charge in [-0.1, -0.05) is 123 Å². The van der Waals surface area contributed by atoms with Crippen LogP contribution in [0.2, 0.25) is 0 Å². The van der Waals surface area contributed by atoms with Crippen LogP contribution in [-0.4, -0.2) is 0 Å². The molecule has 192 valence electrons. The van der Waals surface area contributed by atoms with Gasteiger partial charge < -0.3 is 9.88 Å². The van der Waals surface area contributed by atoms with E-state index in [0.29, 0.717) is 0 Å². The van der Waals surface area contributed by atoms with E-state index in [1.165, 1.54) is 43.9 Å². The maximum Gasteiger partial charge on any atom is 0.112 e. The molecule has 0 fully saturated rings. The average Bonchev–Trinajstić information content (AvgIpc) is 3.00. The molecule has 6 rings (SSSR count). The summed E-state index contributed by atoms with van der Waals surface area (Å²) >= 11 is 0. The van der Waals surface area contributed by atoms with E-state index < -0.39 is 0 Å². The van der Waals surface area contributed by atoms with Crippen LogP contribution in [0, 0.1) is 7.05 Å². The van der Waals surface area contributed by atoms with Gasteiger partial charge in [0.2, 0.25) is 0 Å². The molecule has 39 heavy (non-hydrogen) atoms.